The molecule has 0 aliphatic heterocycles. The third kappa shape index (κ3) is 7.72. The van der Waals surface area contributed by atoms with Gasteiger partial charge in [0.15, 0.2) is 0 Å². The predicted octanol–water partition coefficient (Wildman–Crippen LogP) is 8.30. The first-order valence-corrected chi connectivity index (χ1v) is 14.0. The number of carbonyl (C=O) groups is 1. The Bertz CT molecular complexity index is 469. The average molecular weight is 439 g/mol. The molecule has 0 amide bonds. The van der Waals surface area contributed by atoms with Gasteiger partial charge in [-0.3, -0.25) is 4.79 Å². The van der Waals surface area contributed by atoms with Crippen LogP contribution in [0.3, 0.4) is 0 Å². The Labute approximate surface area is 191 Å². The van der Waals surface area contributed by atoms with E-state index in [0.29, 0.717) is 0 Å². The van der Waals surface area contributed by atoms with Crippen LogP contribution < -0.4 is 0 Å². The van der Waals surface area contributed by atoms with Crippen molar-refractivity contribution < 1.29 is 9.53 Å². The Morgan fingerprint density at radius 3 is 1.83 bits per heavy atom. The van der Waals surface area contributed by atoms with E-state index in [0.717, 1.165) is 61.7 Å². The average Bonchev–Trinajstić information content (AvgIpc) is 2.79. The largest absolute Gasteiger partial charge is 0.462 e. The first-order chi connectivity index (χ1) is 14.7. The van der Waals surface area contributed by atoms with Crippen LogP contribution in [-0.2, 0) is 9.53 Å². The highest BCUT2D eigenvalue weighted by Crippen LogP contribution is 2.42. The van der Waals surface area contributed by atoms with E-state index in [2.05, 4.69) is 6.92 Å². The molecule has 3 fully saturated rings. The fourth-order valence-corrected chi connectivity index (χ4v) is 6.78. The number of halogens is 1. The second-order valence-corrected chi connectivity index (χ2v) is 11.2. The third-order valence-corrected chi connectivity index (χ3v) is 8.97. The van der Waals surface area contributed by atoms with E-state index in [1.54, 1.807) is 0 Å². The summed E-state index contributed by atoms with van der Waals surface area (Å²) in [5, 5.41) is 0. The molecule has 0 heterocycles. The van der Waals surface area contributed by atoms with Crippen LogP contribution in [0.2, 0.25) is 0 Å². The lowest BCUT2D eigenvalue weighted by Crippen LogP contribution is -2.32. The van der Waals surface area contributed by atoms with E-state index < -0.39 is 0 Å². The Kier molecular flexibility index (Phi) is 10.9. The molecule has 30 heavy (non-hydrogen) atoms. The van der Waals surface area contributed by atoms with Crippen molar-refractivity contribution in [2.75, 3.05) is 5.88 Å². The topological polar surface area (TPSA) is 26.3 Å². The molecule has 0 aromatic carbocycles. The summed E-state index contributed by atoms with van der Waals surface area (Å²) in [6.45, 7) is 2.30. The summed E-state index contributed by atoms with van der Waals surface area (Å²) in [6.07, 6.45) is 23.3. The smallest absolute Gasteiger partial charge is 0.309 e. The number of esters is 1. The second kappa shape index (κ2) is 13.3. The number of carbonyl (C=O) groups excluding carboxylic acids is 1. The van der Waals surface area contributed by atoms with Crippen molar-refractivity contribution in [2.45, 2.75) is 129 Å². The minimum Gasteiger partial charge on any atom is -0.462 e. The van der Waals surface area contributed by atoms with Crippen molar-refractivity contribution in [3.8, 4) is 0 Å². The lowest BCUT2D eigenvalue weighted by Gasteiger charge is -2.38. The summed E-state index contributed by atoms with van der Waals surface area (Å²) in [5.41, 5.74) is 0. The molecule has 3 aliphatic carbocycles. The summed E-state index contributed by atoms with van der Waals surface area (Å²) >= 11 is 5.82. The molecule has 0 atom stereocenters. The van der Waals surface area contributed by atoms with Crippen molar-refractivity contribution in [2.24, 2.45) is 29.6 Å². The maximum Gasteiger partial charge on any atom is 0.309 e. The highest BCUT2D eigenvalue weighted by Gasteiger charge is 2.34. The minimum absolute atomic E-state index is 0.122. The summed E-state index contributed by atoms with van der Waals surface area (Å²) < 4.78 is 5.96. The number of rotatable bonds is 10. The minimum atomic E-state index is 0.122. The Balaban J connectivity index is 1.29. The molecule has 0 unspecified atom stereocenters. The quantitative estimate of drug-likeness (QED) is 0.195. The van der Waals surface area contributed by atoms with Gasteiger partial charge in [-0.25, -0.2) is 0 Å². The lowest BCUT2D eigenvalue weighted by molar-refractivity contribution is -0.157. The van der Waals surface area contributed by atoms with Gasteiger partial charge in [0.05, 0.1) is 5.92 Å². The van der Waals surface area contributed by atoms with Gasteiger partial charge < -0.3 is 4.74 Å². The number of alkyl halides is 1. The van der Waals surface area contributed by atoms with Crippen LogP contribution in [0.5, 0.6) is 0 Å². The molecule has 0 radical (unpaired) electrons. The second-order valence-electron chi connectivity index (χ2n) is 10.8. The van der Waals surface area contributed by atoms with E-state index >= 15 is 0 Å². The number of unbranched alkanes of at least 4 members (excludes halogenated alkanes) is 2. The molecule has 0 N–H and O–H groups in total. The van der Waals surface area contributed by atoms with Crippen LogP contribution in [0.1, 0.15) is 122 Å². The van der Waals surface area contributed by atoms with E-state index in [4.69, 9.17) is 16.3 Å². The predicted molar refractivity (Wildman–Crippen MR) is 127 cm³/mol. The Morgan fingerprint density at radius 2 is 1.27 bits per heavy atom. The zero-order chi connectivity index (χ0) is 21.2. The summed E-state index contributed by atoms with van der Waals surface area (Å²) in [4.78, 5) is 12.7. The molecule has 3 heteroatoms. The van der Waals surface area contributed by atoms with Gasteiger partial charge in [-0.2, -0.15) is 0 Å². The maximum atomic E-state index is 12.7. The Hall–Kier alpha value is -0.240. The normalized spacial score (nSPS) is 35.1. The number of hydrogen-bond donors (Lipinski definition) is 0. The van der Waals surface area contributed by atoms with Gasteiger partial charge in [0.25, 0.3) is 0 Å². The van der Waals surface area contributed by atoms with Crippen LogP contribution in [0.4, 0.5) is 0 Å². The summed E-state index contributed by atoms with van der Waals surface area (Å²) in [5.74, 6) is 4.70. The number of ether oxygens (including phenoxy) is 1. The van der Waals surface area contributed by atoms with Gasteiger partial charge >= 0.3 is 5.97 Å². The zero-order valence-electron chi connectivity index (χ0n) is 19.6. The Morgan fingerprint density at radius 1 is 0.733 bits per heavy atom. The van der Waals surface area contributed by atoms with Crippen molar-refractivity contribution >= 4 is 17.6 Å². The highest BCUT2D eigenvalue weighted by atomic mass is 35.5. The van der Waals surface area contributed by atoms with Gasteiger partial charge in [-0.1, -0.05) is 45.4 Å². The maximum absolute atomic E-state index is 12.7. The fraction of sp³-hybridized carbons (Fsp3) is 0.963. The van der Waals surface area contributed by atoms with Crippen LogP contribution in [0.25, 0.3) is 0 Å². The summed E-state index contributed by atoms with van der Waals surface area (Å²) in [7, 11) is 0. The first kappa shape index (κ1) is 24.4. The van der Waals surface area contributed by atoms with Gasteiger partial charge in [0.1, 0.15) is 6.10 Å². The summed E-state index contributed by atoms with van der Waals surface area (Å²) in [6, 6.07) is 0. The molecule has 3 aliphatic rings. The SMILES string of the molecule is CCCCCC1CCC(C2CCC(C(=O)OC3CCC(CCCCl)CC3)CC2)CC1. The first-order valence-electron chi connectivity index (χ1n) is 13.5. The van der Waals surface area contributed by atoms with Crippen molar-refractivity contribution in [3.05, 3.63) is 0 Å². The van der Waals surface area contributed by atoms with E-state index in [-0.39, 0.29) is 18.0 Å². The molecule has 0 aromatic rings. The van der Waals surface area contributed by atoms with Crippen LogP contribution in [0.15, 0.2) is 0 Å². The molecule has 0 saturated heterocycles. The van der Waals surface area contributed by atoms with Gasteiger partial charge in [0, 0.05) is 5.88 Å². The standard InChI is InChI=1S/C27H47ClO2/c1-2-3-4-6-21-8-12-23(13-9-21)24-14-16-25(17-15-24)27(29)30-26-18-10-22(11-19-26)7-5-20-28/h21-26H,2-20H2,1H3. The lowest BCUT2D eigenvalue weighted by atomic mass is 9.68. The highest BCUT2D eigenvalue weighted by molar-refractivity contribution is 6.17. The van der Waals surface area contributed by atoms with E-state index in [1.165, 1.54) is 83.5 Å². The molecule has 0 spiro atoms. The number of hydrogen-bond acceptors (Lipinski definition) is 2. The molecule has 174 valence electrons. The van der Waals surface area contributed by atoms with Crippen molar-refractivity contribution in [3.63, 3.8) is 0 Å². The molecule has 0 aromatic heterocycles. The molecule has 3 rings (SSSR count). The van der Waals surface area contributed by atoms with E-state index in [1.807, 2.05) is 0 Å². The van der Waals surface area contributed by atoms with Crippen LogP contribution in [-0.4, -0.2) is 18.0 Å². The third-order valence-electron chi connectivity index (χ3n) is 8.70. The molecule has 0 bridgehead atoms. The molecular weight excluding hydrogens is 392 g/mol. The van der Waals surface area contributed by atoms with Crippen LogP contribution >= 0.6 is 11.6 Å². The van der Waals surface area contributed by atoms with Crippen molar-refractivity contribution in [1.82, 2.24) is 0 Å². The van der Waals surface area contributed by atoms with Gasteiger partial charge in [-0.15, -0.1) is 11.6 Å². The molecule has 3 saturated carbocycles. The zero-order valence-corrected chi connectivity index (χ0v) is 20.3. The monoisotopic (exact) mass is 438 g/mol. The van der Waals surface area contributed by atoms with Gasteiger partial charge in [-0.05, 0) is 101 Å². The molecular formula is C27H47ClO2. The van der Waals surface area contributed by atoms with Crippen molar-refractivity contribution in [1.29, 1.82) is 0 Å². The van der Waals surface area contributed by atoms with Gasteiger partial charge in [0.2, 0.25) is 0 Å². The fourth-order valence-electron chi connectivity index (χ4n) is 6.62. The van der Waals surface area contributed by atoms with E-state index in [9.17, 15) is 4.79 Å². The molecule has 2 nitrogen and oxygen atoms in total. The van der Waals surface area contributed by atoms with Crippen LogP contribution in [0, 0.1) is 29.6 Å².